The third-order valence-corrected chi connectivity index (χ3v) is 6.69. The topological polar surface area (TPSA) is 73.2 Å². The predicted octanol–water partition coefficient (Wildman–Crippen LogP) is 2.88. The van der Waals surface area contributed by atoms with E-state index in [1.54, 1.807) is 18.2 Å². The summed E-state index contributed by atoms with van der Waals surface area (Å²) in [6.45, 7) is 4.24. The molecule has 0 aromatic heterocycles. The van der Waals surface area contributed by atoms with Gasteiger partial charge in [-0.1, -0.05) is 17.8 Å². The normalized spacial score (nSPS) is 20.4. The number of nitrogens with zero attached hydrogens (tertiary/aromatic N) is 3. The molecule has 1 saturated heterocycles. The minimum absolute atomic E-state index is 0.0328. The second-order valence-corrected chi connectivity index (χ2v) is 8.25. The molecule has 0 radical (unpaired) electrons. The average Bonchev–Trinajstić information content (AvgIpc) is 2.84. The van der Waals surface area contributed by atoms with Crippen molar-refractivity contribution in [3.8, 4) is 0 Å². The zero-order valence-electron chi connectivity index (χ0n) is 15.4. The minimum Gasteiger partial charge on any atom is -0.733 e. The molecule has 2 heterocycles. The van der Waals surface area contributed by atoms with E-state index in [0.717, 1.165) is 47.1 Å². The summed E-state index contributed by atoms with van der Waals surface area (Å²) < 4.78 is 13.8. The largest absolute Gasteiger partial charge is 0.733 e. The van der Waals surface area contributed by atoms with Gasteiger partial charge in [-0.3, -0.25) is 15.0 Å². The summed E-state index contributed by atoms with van der Waals surface area (Å²) in [5, 5.41) is 29.9. The van der Waals surface area contributed by atoms with Crippen molar-refractivity contribution in [1.82, 2.24) is 9.80 Å². The number of hydrogen-bond acceptors (Lipinski definition) is 7. The maximum absolute atomic E-state index is 13.8. The molecule has 0 bridgehead atoms. The Balaban J connectivity index is 1.70. The number of β-amino-alcohol motifs (C(OH)–C–C–N with tert-alkyl or cyclic N) is 1. The van der Waals surface area contributed by atoms with Gasteiger partial charge < -0.3 is 15.5 Å². The van der Waals surface area contributed by atoms with E-state index in [9.17, 15) is 14.8 Å². The monoisotopic (exact) mass is 404 g/mol. The van der Waals surface area contributed by atoms with Gasteiger partial charge in [-0.05, 0) is 47.9 Å². The minimum atomic E-state index is -0.262. The number of aliphatic hydroxyl groups excluding tert-OH is 1. The van der Waals surface area contributed by atoms with Crippen molar-refractivity contribution in [2.24, 2.45) is 0 Å². The number of rotatable bonds is 4. The molecule has 0 saturated carbocycles. The molecule has 0 aliphatic carbocycles. The highest BCUT2D eigenvalue weighted by Crippen LogP contribution is 2.44. The standard InChI is InChI=1S/C20H23FN3O3S/c21-15-2-1-14-11-18(23-7-5-22(6-8-23)9-10-25)17-13-16(24(26)27)3-4-19(17)28-20(14)12-15/h1-4,12-13,18,25-26H,5-11H2/q-1. The number of fused-ring (bicyclic) bond motifs is 2. The SMILES string of the molecule is [O-]N(O)c1ccc2c(c1)C(N1CCN(CCO)CC1)Cc1ccc(F)cc1S2. The third kappa shape index (κ3) is 4.03. The molecule has 0 spiro atoms. The van der Waals surface area contributed by atoms with Crippen LogP contribution in [0.1, 0.15) is 17.2 Å². The molecule has 2 aliphatic rings. The van der Waals surface area contributed by atoms with Crippen molar-refractivity contribution in [3.63, 3.8) is 0 Å². The highest BCUT2D eigenvalue weighted by Gasteiger charge is 2.30. The van der Waals surface area contributed by atoms with Gasteiger partial charge in [-0.15, -0.1) is 0 Å². The van der Waals surface area contributed by atoms with Gasteiger partial charge in [0, 0.05) is 48.6 Å². The zero-order valence-corrected chi connectivity index (χ0v) is 16.2. The van der Waals surface area contributed by atoms with Crippen LogP contribution in [-0.4, -0.2) is 59.4 Å². The van der Waals surface area contributed by atoms with E-state index in [4.69, 9.17) is 5.11 Å². The Morgan fingerprint density at radius 3 is 2.61 bits per heavy atom. The van der Waals surface area contributed by atoms with Crippen LogP contribution in [0.15, 0.2) is 46.2 Å². The van der Waals surface area contributed by atoms with Crippen LogP contribution in [0.25, 0.3) is 0 Å². The van der Waals surface area contributed by atoms with Crippen molar-refractivity contribution >= 4 is 17.4 Å². The van der Waals surface area contributed by atoms with Gasteiger partial charge >= 0.3 is 0 Å². The second kappa shape index (κ2) is 8.36. The van der Waals surface area contributed by atoms with Gasteiger partial charge in [0.25, 0.3) is 0 Å². The Kier molecular flexibility index (Phi) is 5.86. The molecule has 1 fully saturated rings. The van der Waals surface area contributed by atoms with Crippen LogP contribution in [0.2, 0.25) is 0 Å². The Labute approximate surface area is 167 Å². The molecule has 4 rings (SSSR count). The van der Waals surface area contributed by atoms with E-state index in [1.807, 2.05) is 12.1 Å². The van der Waals surface area contributed by atoms with E-state index in [-0.39, 0.29) is 29.4 Å². The Morgan fingerprint density at radius 1 is 1.11 bits per heavy atom. The van der Waals surface area contributed by atoms with Crippen molar-refractivity contribution in [3.05, 3.63) is 58.5 Å². The summed E-state index contributed by atoms with van der Waals surface area (Å²) in [5.74, 6) is -0.262. The molecular formula is C20H23FN3O3S-. The molecule has 6 nitrogen and oxygen atoms in total. The summed E-state index contributed by atoms with van der Waals surface area (Å²) >= 11 is 1.50. The van der Waals surface area contributed by atoms with Crippen molar-refractivity contribution < 1.29 is 14.7 Å². The lowest BCUT2D eigenvalue weighted by Crippen LogP contribution is -2.48. The maximum atomic E-state index is 13.8. The highest BCUT2D eigenvalue weighted by molar-refractivity contribution is 7.99. The first kappa shape index (κ1) is 19.6. The maximum Gasteiger partial charge on any atom is 0.124 e. The van der Waals surface area contributed by atoms with Crippen LogP contribution in [-0.2, 0) is 6.42 Å². The molecule has 2 aromatic carbocycles. The zero-order chi connectivity index (χ0) is 19.7. The smallest absolute Gasteiger partial charge is 0.124 e. The fourth-order valence-electron chi connectivity index (χ4n) is 4.00. The van der Waals surface area contributed by atoms with Crippen molar-refractivity contribution in [1.29, 1.82) is 0 Å². The van der Waals surface area contributed by atoms with Gasteiger partial charge in [-0.25, -0.2) is 4.39 Å². The van der Waals surface area contributed by atoms with Crippen molar-refractivity contribution in [2.45, 2.75) is 22.3 Å². The number of aliphatic hydroxyl groups is 1. The fraction of sp³-hybridized carbons (Fsp3) is 0.400. The number of benzene rings is 2. The van der Waals surface area contributed by atoms with Crippen molar-refractivity contribution in [2.75, 3.05) is 44.6 Å². The fourth-order valence-corrected chi connectivity index (χ4v) is 5.14. The summed E-state index contributed by atoms with van der Waals surface area (Å²) in [5.41, 5.74) is 2.25. The van der Waals surface area contributed by atoms with Gasteiger partial charge in [0.1, 0.15) is 5.82 Å². The molecule has 0 amide bonds. The van der Waals surface area contributed by atoms with E-state index < -0.39 is 0 Å². The van der Waals surface area contributed by atoms with Gasteiger partial charge in [0.15, 0.2) is 0 Å². The Morgan fingerprint density at radius 2 is 1.89 bits per heavy atom. The highest BCUT2D eigenvalue weighted by atomic mass is 32.2. The first-order valence-corrected chi connectivity index (χ1v) is 10.2. The van der Waals surface area contributed by atoms with Crippen LogP contribution in [0, 0.1) is 11.0 Å². The number of piperazine rings is 1. The van der Waals surface area contributed by atoms with Gasteiger partial charge in [0.05, 0.1) is 12.3 Å². The van der Waals surface area contributed by atoms with Crippen LogP contribution >= 0.6 is 11.8 Å². The van der Waals surface area contributed by atoms with Crippen LogP contribution in [0.4, 0.5) is 10.1 Å². The number of hydrogen-bond donors (Lipinski definition) is 2. The lowest BCUT2D eigenvalue weighted by Gasteiger charge is -2.39. The second-order valence-electron chi connectivity index (χ2n) is 7.17. The molecular weight excluding hydrogens is 381 g/mol. The molecule has 28 heavy (non-hydrogen) atoms. The predicted molar refractivity (Wildman–Crippen MR) is 106 cm³/mol. The Bertz CT molecular complexity index is 843. The summed E-state index contributed by atoms with van der Waals surface area (Å²) in [7, 11) is 0. The van der Waals surface area contributed by atoms with Crippen LogP contribution in [0.5, 0.6) is 0 Å². The third-order valence-electron chi connectivity index (χ3n) is 5.50. The molecule has 8 heteroatoms. The first-order chi connectivity index (χ1) is 13.5. The average molecular weight is 404 g/mol. The van der Waals surface area contributed by atoms with Gasteiger partial charge in [-0.2, -0.15) is 0 Å². The molecule has 1 unspecified atom stereocenters. The van der Waals surface area contributed by atoms with Crippen LogP contribution in [0.3, 0.4) is 0 Å². The molecule has 1 atom stereocenters. The Hall–Kier alpha value is -1.68. The molecule has 150 valence electrons. The molecule has 2 N–H and O–H groups in total. The van der Waals surface area contributed by atoms with Crippen LogP contribution < -0.4 is 5.23 Å². The first-order valence-electron chi connectivity index (χ1n) is 9.39. The van der Waals surface area contributed by atoms with E-state index in [2.05, 4.69) is 9.80 Å². The lowest BCUT2D eigenvalue weighted by molar-refractivity contribution is 0.0823. The number of anilines is 1. The summed E-state index contributed by atoms with van der Waals surface area (Å²) in [4.78, 5) is 6.47. The van der Waals surface area contributed by atoms with E-state index in [1.165, 1.54) is 17.8 Å². The molecule has 2 aliphatic heterocycles. The van der Waals surface area contributed by atoms with Gasteiger partial charge in [0.2, 0.25) is 0 Å². The molecule has 2 aromatic rings. The quantitative estimate of drug-likeness (QED) is 0.759. The van der Waals surface area contributed by atoms with E-state index in [0.29, 0.717) is 13.0 Å². The summed E-state index contributed by atoms with van der Waals surface area (Å²) in [6, 6.07) is 10.1. The summed E-state index contributed by atoms with van der Waals surface area (Å²) in [6.07, 6.45) is 0.712. The van der Waals surface area contributed by atoms with E-state index >= 15 is 0 Å². The number of halogens is 1. The lowest BCUT2D eigenvalue weighted by atomic mass is 9.96.